The first-order valence-corrected chi connectivity index (χ1v) is 9.11. The second-order valence-corrected chi connectivity index (χ2v) is 6.88. The summed E-state index contributed by atoms with van der Waals surface area (Å²) < 4.78 is 10.6. The number of fused-ring (bicyclic) bond motifs is 3. The number of amides is 1. The lowest BCUT2D eigenvalue weighted by molar-refractivity contribution is -0.115. The summed E-state index contributed by atoms with van der Waals surface area (Å²) in [6.45, 7) is 0.177. The molecule has 2 aliphatic rings. The first kappa shape index (κ1) is 17.2. The standard InChI is InChI=1S/C23H15NO5/c25-21(10-13-5-8-19-20(9-13)29-12-28-19)24-14-6-7-17-18(11-14)23(27)16-4-2-1-3-15(16)22(17)26/h1-9,11H,10,12H2,(H,24,25). The Hall–Kier alpha value is -3.93. The predicted molar refractivity (Wildman–Crippen MR) is 105 cm³/mol. The Kier molecular flexibility index (Phi) is 3.91. The normalized spacial score (nSPS) is 13.7. The predicted octanol–water partition coefficient (Wildman–Crippen LogP) is 3.37. The zero-order chi connectivity index (χ0) is 20.0. The lowest BCUT2D eigenvalue weighted by Gasteiger charge is -2.18. The summed E-state index contributed by atoms with van der Waals surface area (Å²) in [7, 11) is 0. The summed E-state index contributed by atoms with van der Waals surface area (Å²) in [6, 6.07) is 16.9. The molecule has 3 aromatic carbocycles. The average molecular weight is 385 g/mol. The van der Waals surface area contributed by atoms with Crippen LogP contribution in [0.3, 0.4) is 0 Å². The van der Waals surface area contributed by atoms with Crippen LogP contribution in [0.5, 0.6) is 11.5 Å². The second-order valence-electron chi connectivity index (χ2n) is 6.88. The maximum Gasteiger partial charge on any atom is 0.231 e. The SMILES string of the molecule is O=C(Cc1ccc2c(c1)OCO2)Nc1ccc2c(c1)C(=O)c1ccccc1C2=O. The van der Waals surface area contributed by atoms with Crippen molar-refractivity contribution in [3.63, 3.8) is 0 Å². The molecule has 6 nitrogen and oxygen atoms in total. The Morgan fingerprint density at radius 2 is 1.48 bits per heavy atom. The van der Waals surface area contributed by atoms with Gasteiger partial charge in [-0.05, 0) is 35.9 Å². The van der Waals surface area contributed by atoms with Crippen LogP contribution in [0.15, 0.2) is 60.7 Å². The lowest BCUT2D eigenvalue weighted by atomic mass is 9.84. The van der Waals surface area contributed by atoms with Gasteiger partial charge in [0, 0.05) is 27.9 Å². The van der Waals surface area contributed by atoms with Gasteiger partial charge >= 0.3 is 0 Å². The highest BCUT2D eigenvalue weighted by molar-refractivity contribution is 6.28. The maximum atomic E-state index is 12.8. The van der Waals surface area contributed by atoms with E-state index in [1.54, 1.807) is 60.7 Å². The first-order valence-electron chi connectivity index (χ1n) is 9.11. The van der Waals surface area contributed by atoms with Crippen LogP contribution in [0.4, 0.5) is 5.69 Å². The highest BCUT2D eigenvalue weighted by Crippen LogP contribution is 2.33. The smallest absolute Gasteiger partial charge is 0.231 e. The van der Waals surface area contributed by atoms with Gasteiger partial charge in [0.2, 0.25) is 12.7 Å². The quantitative estimate of drug-likeness (QED) is 0.585. The molecule has 3 aromatic rings. The summed E-state index contributed by atoms with van der Waals surface area (Å²) in [6.07, 6.45) is 0.142. The minimum absolute atomic E-state index is 0.142. The Morgan fingerprint density at radius 1 is 0.793 bits per heavy atom. The van der Waals surface area contributed by atoms with E-state index >= 15 is 0 Å². The summed E-state index contributed by atoms with van der Waals surface area (Å²) >= 11 is 0. The number of carbonyl (C=O) groups excluding carboxylic acids is 3. The molecule has 142 valence electrons. The molecule has 1 N–H and O–H groups in total. The van der Waals surface area contributed by atoms with E-state index in [2.05, 4.69) is 5.32 Å². The molecule has 0 unspecified atom stereocenters. The minimum Gasteiger partial charge on any atom is -0.454 e. The van der Waals surface area contributed by atoms with E-state index in [4.69, 9.17) is 9.47 Å². The molecule has 0 fully saturated rings. The lowest BCUT2D eigenvalue weighted by Crippen LogP contribution is -2.21. The van der Waals surface area contributed by atoms with Crippen LogP contribution in [0.1, 0.15) is 37.4 Å². The van der Waals surface area contributed by atoms with Crippen LogP contribution in [-0.4, -0.2) is 24.3 Å². The highest BCUT2D eigenvalue weighted by atomic mass is 16.7. The third kappa shape index (κ3) is 2.95. The molecule has 0 aromatic heterocycles. The average Bonchev–Trinajstić information content (AvgIpc) is 3.20. The van der Waals surface area contributed by atoms with Gasteiger partial charge in [-0.25, -0.2) is 0 Å². The zero-order valence-electron chi connectivity index (χ0n) is 15.2. The van der Waals surface area contributed by atoms with Crippen molar-refractivity contribution in [1.29, 1.82) is 0 Å². The molecular formula is C23H15NO5. The van der Waals surface area contributed by atoms with E-state index in [0.29, 0.717) is 39.4 Å². The van der Waals surface area contributed by atoms with Crippen molar-refractivity contribution >= 4 is 23.2 Å². The summed E-state index contributed by atoms with van der Waals surface area (Å²) in [5.74, 6) is 0.633. The van der Waals surface area contributed by atoms with Gasteiger partial charge in [0.1, 0.15) is 0 Å². The molecule has 1 aliphatic carbocycles. The third-order valence-corrected chi connectivity index (χ3v) is 5.01. The monoisotopic (exact) mass is 385 g/mol. The van der Waals surface area contributed by atoms with Crippen LogP contribution in [-0.2, 0) is 11.2 Å². The molecule has 0 saturated carbocycles. The maximum absolute atomic E-state index is 12.8. The Balaban J connectivity index is 1.37. The zero-order valence-corrected chi connectivity index (χ0v) is 15.2. The van der Waals surface area contributed by atoms with Crippen molar-refractivity contribution in [3.05, 3.63) is 88.5 Å². The number of rotatable bonds is 3. The molecular weight excluding hydrogens is 370 g/mol. The van der Waals surface area contributed by atoms with Gasteiger partial charge in [-0.15, -0.1) is 0 Å². The van der Waals surface area contributed by atoms with Gasteiger partial charge in [0.25, 0.3) is 0 Å². The van der Waals surface area contributed by atoms with Gasteiger partial charge in [0.05, 0.1) is 6.42 Å². The Bertz CT molecular complexity index is 1200. The van der Waals surface area contributed by atoms with Crippen LogP contribution in [0.25, 0.3) is 0 Å². The van der Waals surface area contributed by atoms with E-state index in [9.17, 15) is 14.4 Å². The molecule has 5 rings (SSSR count). The van der Waals surface area contributed by atoms with Crippen LogP contribution in [0, 0.1) is 0 Å². The third-order valence-electron chi connectivity index (χ3n) is 5.01. The number of ketones is 2. The molecule has 0 bridgehead atoms. The second kappa shape index (κ2) is 6.60. The van der Waals surface area contributed by atoms with Crippen molar-refractivity contribution in [2.45, 2.75) is 6.42 Å². The fourth-order valence-corrected chi connectivity index (χ4v) is 3.62. The number of ether oxygens (including phenoxy) is 2. The van der Waals surface area contributed by atoms with E-state index in [1.807, 2.05) is 0 Å². The summed E-state index contributed by atoms with van der Waals surface area (Å²) in [5.41, 5.74) is 2.69. The van der Waals surface area contributed by atoms with Crippen molar-refractivity contribution < 1.29 is 23.9 Å². The summed E-state index contributed by atoms with van der Waals surface area (Å²) in [4.78, 5) is 37.9. The molecule has 1 aliphatic heterocycles. The summed E-state index contributed by atoms with van der Waals surface area (Å²) in [5, 5.41) is 2.79. The number of hydrogen-bond donors (Lipinski definition) is 1. The van der Waals surface area contributed by atoms with Gasteiger partial charge in [0.15, 0.2) is 23.1 Å². The molecule has 1 heterocycles. The topological polar surface area (TPSA) is 81.7 Å². The number of nitrogens with one attached hydrogen (secondary N) is 1. The van der Waals surface area contributed by atoms with E-state index in [-0.39, 0.29) is 30.7 Å². The first-order chi connectivity index (χ1) is 14.1. The fraction of sp³-hybridized carbons (Fsp3) is 0.0870. The van der Waals surface area contributed by atoms with E-state index < -0.39 is 0 Å². The molecule has 1 amide bonds. The number of hydrogen-bond acceptors (Lipinski definition) is 5. The van der Waals surface area contributed by atoms with Crippen LogP contribution in [0.2, 0.25) is 0 Å². The molecule has 0 atom stereocenters. The van der Waals surface area contributed by atoms with Gasteiger partial charge in [-0.1, -0.05) is 30.3 Å². The van der Waals surface area contributed by atoms with Crippen LogP contribution < -0.4 is 14.8 Å². The Morgan fingerprint density at radius 3 is 2.28 bits per heavy atom. The Labute approximate surface area is 166 Å². The van der Waals surface area contributed by atoms with Crippen molar-refractivity contribution in [1.82, 2.24) is 0 Å². The number of benzene rings is 3. The van der Waals surface area contributed by atoms with Crippen molar-refractivity contribution in [3.8, 4) is 11.5 Å². The van der Waals surface area contributed by atoms with Crippen molar-refractivity contribution in [2.75, 3.05) is 12.1 Å². The molecule has 0 saturated heterocycles. The molecule has 0 radical (unpaired) electrons. The largest absolute Gasteiger partial charge is 0.454 e. The van der Waals surface area contributed by atoms with Crippen molar-refractivity contribution in [2.24, 2.45) is 0 Å². The minimum atomic E-state index is -0.237. The molecule has 6 heteroatoms. The number of anilines is 1. The van der Waals surface area contributed by atoms with Gasteiger partial charge < -0.3 is 14.8 Å². The highest BCUT2D eigenvalue weighted by Gasteiger charge is 2.29. The molecule has 0 spiro atoms. The van der Waals surface area contributed by atoms with Gasteiger partial charge in [-0.3, -0.25) is 14.4 Å². The molecule has 29 heavy (non-hydrogen) atoms. The fourth-order valence-electron chi connectivity index (χ4n) is 3.62. The van der Waals surface area contributed by atoms with E-state index in [0.717, 1.165) is 5.56 Å². The van der Waals surface area contributed by atoms with Gasteiger partial charge in [-0.2, -0.15) is 0 Å². The number of carbonyl (C=O) groups is 3. The van der Waals surface area contributed by atoms with Crippen LogP contribution >= 0.6 is 0 Å². The van der Waals surface area contributed by atoms with E-state index in [1.165, 1.54) is 0 Å².